The smallest absolute Gasteiger partial charge is 0.407 e. The van der Waals surface area contributed by atoms with Gasteiger partial charge in [-0.15, -0.1) is 0 Å². The maximum atomic E-state index is 12.9. The molecule has 3 atom stereocenters. The van der Waals surface area contributed by atoms with Gasteiger partial charge in [0.25, 0.3) is 0 Å². The Hall–Kier alpha value is -3.39. The van der Waals surface area contributed by atoms with Crippen molar-refractivity contribution < 1.29 is 29.0 Å². The highest BCUT2D eigenvalue weighted by Gasteiger charge is 2.39. The number of amides is 2. The second kappa shape index (κ2) is 9.85. The van der Waals surface area contributed by atoms with Gasteiger partial charge in [-0.1, -0.05) is 55.5 Å². The fourth-order valence-electron chi connectivity index (χ4n) is 4.61. The molecule has 1 aliphatic heterocycles. The van der Waals surface area contributed by atoms with Crippen molar-refractivity contribution >= 4 is 18.0 Å². The number of ether oxygens (including phenoxy) is 2. The number of aliphatic carboxylic acids is 1. The highest BCUT2D eigenvalue weighted by Crippen LogP contribution is 2.44. The van der Waals surface area contributed by atoms with Gasteiger partial charge in [-0.3, -0.25) is 4.79 Å². The van der Waals surface area contributed by atoms with Crippen molar-refractivity contribution in [2.45, 2.75) is 44.8 Å². The zero-order valence-electron chi connectivity index (χ0n) is 19.4. The van der Waals surface area contributed by atoms with Crippen LogP contribution in [0.2, 0.25) is 0 Å². The molecule has 1 unspecified atom stereocenters. The summed E-state index contributed by atoms with van der Waals surface area (Å²) in [7, 11) is 0. The third-order valence-electron chi connectivity index (χ3n) is 6.95. The summed E-state index contributed by atoms with van der Waals surface area (Å²) in [6.07, 6.45) is -0.766. The normalized spacial score (nSPS) is 20.6. The van der Waals surface area contributed by atoms with Gasteiger partial charge in [0.1, 0.15) is 6.61 Å². The van der Waals surface area contributed by atoms with Gasteiger partial charge in [-0.25, -0.2) is 9.59 Å². The summed E-state index contributed by atoms with van der Waals surface area (Å²) in [4.78, 5) is 36.8. The molecule has 0 saturated carbocycles. The number of benzene rings is 2. The minimum absolute atomic E-state index is 0.0469. The van der Waals surface area contributed by atoms with E-state index < -0.39 is 29.6 Å². The van der Waals surface area contributed by atoms with Crippen molar-refractivity contribution in [2.75, 3.05) is 19.8 Å². The molecule has 1 aliphatic carbocycles. The van der Waals surface area contributed by atoms with Crippen LogP contribution in [0, 0.1) is 5.41 Å². The van der Waals surface area contributed by atoms with Crippen molar-refractivity contribution in [1.82, 2.24) is 10.6 Å². The number of rotatable bonds is 8. The number of carboxylic acid groups (broad SMARTS) is 1. The van der Waals surface area contributed by atoms with E-state index >= 15 is 0 Å². The van der Waals surface area contributed by atoms with Crippen LogP contribution in [0.1, 0.15) is 43.7 Å². The number of hydrogen-bond acceptors (Lipinski definition) is 5. The first-order valence-electron chi connectivity index (χ1n) is 11.6. The van der Waals surface area contributed by atoms with Gasteiger partial charge in [-0.05, 0) is 42.0 Å². The molecule has 8 heteroatoms. The van der Waals surface area contributed by atoms with E-state index in [0.29, 0.717) is 12.8 Å². The van der Waals surface area contributed by atoms with Gasteiger partial charge in [0.15, 0.2) is 6.10 Å². The van der Waals surface area contributed by atoms with Crippen molar-refractivity contribution in [1.29, 1.82) is 0 Å². The Balaban J connectivity index is 1.34. The first-order chi connectivity index (χ1) is 16.3. The summed E-state index contributed by atoms with van der Waals surface area (Å²) in [5, 5.41) is 14.8. The number of hydrogen-bond donors (Lipinski definition) is 3. The number of carbonyl (C=O) groups is 3. The molecule has 0 bridgehead atoms. The molecule has 180 valence electrons. The number of alkyl carbamates (subject to hydrolysis) is 1. The third-order valence-corrected chi connectivity index (χ3v) is 6.95. The maximum absolute atomic E-state index is 12.9. The number of nitrogens with one attached hydrogen (secondary N) is 2. The van der Waals surface area contributed by atoms with Crippen molar-refractivity contribution in [3.05, 3.63) is 59.7 Å². The van der Waals surface area contributed by atoms with Crippen LogP contribution in [0.15, 0.2) is 48.5 Å². The summed E-state index contributed by atoms with van der Waals surface area (Å²) < 4.78 is 10.8. The van der Waals surface area contributed by atoms with Crippen molar-refractivity contribution in [3.63, 3.8) is 0 Å². The van der Waals surface area contributed by atoms with Crippen molar-refractivity contribution in [2.24, 2.45) is 5.41 Å². The summed E-state index contributed by atoms with van der Waals surface area (Å²) in [5.74, 6) is -1.47. The second-order valence-electron chi connectivity index (χ2n) is 9.09. The molecule has 1 fully saturated rings. The highest BCUT2D eigenvalue weighted by molar-refractivity contribution is 5.85. The molecule has 2 aromatic rings. The lowest BCUT2D eigenvalue weighted by Crippen LogP contribution is -2.52. The molecule has 1 heterocycles. The van der Waals surface area contributed by atoms with E-state index in [9.17, 15) is 19.5 Å². The summed E-state index contributed by atoms with van der Waals surface area (Å²) in [5.41, 5.74) is 3.63. The SMILES string of the molecule is CCC(C)(CNC(=O)OCC1c2ccccc2-c2ccccc21)C(=O)N[C@H]1CCO[C@H]1C(=O)O. The third kappa shape index (κ3) is 4.63. The van der Waals surface area contributed by atoms with E-state index in [1.54, 1.807) is 6.92 Å². The second-order valence-corrected chi connectivity index (χ2v) is 9.09. The van der Waals surface area contributed by atoms with E-state index in [0.717, 1.165) is 22.3 Å². The Morgan fingerprint density at radius 2 is 1.71 bits per heavy atom. The molecule has 2 aliphatic rings. The minimum atomic E-state index is -1.10. The molecule has 1 saturated heterocycles. The number of fused-ring (bicyclic) bond motifs is 3. The van der Waals surface area contributed by atoms with Gasteiger partial charge < -0.3 is 25.2 Å². The van der Waals surface area contributed by atoms with Gasteiger partial charge in [0.05, 0.1) is 11.5 Å². The Morgan fingerprint density at radius 1 is 1.09 bits per heavy atom. The maximum Gasteiger partial charge on any atom is 0.407 e. The van der Waals surface area contributed by atoms with Gasteiger partial charge in [0, 0.05) is 19.1 Å². The molecule has 0 aromatic heterocycles. The van der Waals surface area contributed by atoms with E-state index in [4.69, 9.17) is 9.47 Å². The quantitative estimate of drug-likeness (QED) is 0.550. The summed E-state index contributed by atoms with van der Waals surface area (Å²) in [6, 6.07) is 15.6. The lowest BCUT2D eigenvalue weighted by molar-refractivity contribution is -0.148. The summed E-state index contributed by atoms with van der Waals surface area (Å²) >= 11 is 0. The average Bonchev–Trinajstić information content (AvgIpc) is 3.44. The first-order valence-corrected chi connectivity index (χ1v) is 11.6. The van der Waals surface area contributed by atoms with E-state index in [1.165, 1.54) is 0 Å². The molecule has 2 amide bonds. The molecule has 34 heavy (non-hydrogen) atoms. The van der Waals surface area contributed by atoms with E-state index in [-0.39, 0.29) is 31.6 Å². The van der Waals surface area contributed by atoms with Gasteiger partial charge >= 0.3 is 12.1 Å². The van der Waals surface area contributed by atoms with Crippen LogP contribution in [0.5, 0.6) is 0 Å². The van der Waals surface area contributed by atoms with Gasteiger partial charge in [-0.2, -0.15) is 0 Å². The van der Waals surface area contributed by atoms with E-state index in [2.05, 4.69) is 34.9 Å². The Labute approximate surface area is 198 Å². The first kappa shape index (κ1) is 23.8. The van der Waals surface area contributed by atoms with Crippen LogP contribution >= 0.6 is 0 Å². The van der Waals surface area contributed by atoms with Crippen LogP contribution in [-0.4, -0.2) is 55.0 Å². The zero-order valence-corrected chi connectivity index (χ0v) is 19.4. The zero-order chi connectivity index (χ0) is 24.3. The molecule has 2 aromatic carbocycles. The Kier molecular flexibility index (Phi) is 6.88. The molecular weight excluding hydrogens is 436 g/mol. The average molecular weight is 467 g/mol. The highest BCUT2D eigenvalue weighted by atomic mass is 16.5. The molecule has 0 radical (unpaired) electrons. The molecular formula is C26H30N2O6. The van der Waals surface area contributed by atoms with Crippen molar-refractivity contribution in [3.8, 4) is 11.1 Å². The van der Waals surface area contributed by atoms with Gasteiger partial charge in [0.2, 0.25) is 5.91 Å². The Morgan fingerprint density at radius 3 is 2.29 bits per heavy atom. The largest absolute Gasteiger partial charge is 0.479 e. The van der Waals surface area contributed by atoms with Crippen LogP contribution in [0.3, 0.4) is 0 Å². The predicted molar refractivity (Wildman–Crippen MR) is 125 cm³/mol. The Bertz CT molecular complexity index is 1040. The number of carboxylic acids is 1. The molecule has 0 spiro atoms. The summed E-state index contributed by atoms with van der Waals surface area (Å²) in [6.45, 7) is 4.12. The monoisotopic (exact) mass is 466 g/mol. The molecule has 4 rings (SSSR count). The van der Waals surface area contributed by atoms with Crippen LogP contribution in [0.4, 0.5) is 4.79 Å². The minimum Gasteiger partial charge on any atom is -0.479 e. The van der Waals surface area contributed by atoms with Crippen LogP contribution in [0.25, 0.3) is 11.1 Å². The predicted octanol–water partition coefficient (Wildman–Crippen LogP) is 3.30. The number of carbonyl (C=O) groups excluding carboxylic acids is 2. The fourth-order valence-corrected chi connectivity index (χ4v) is 4.61. The van der Waals surface area contributed by atoms with Crippen LogP contribution in [-0.2, 0) is 19.1 Å². The molecule has 3 N–H and O–H groups in total. The van der Waals surface area contributed by atoms with Crippen LogP contribution < -0.4 is 10.6 Å². The standard InChI is InChI=1S/C26H30N2O6/c1-3-26(2,24(31)28-21-12-13-33-22(21)23(29)30)15-27-25(32)34-14-20-18-10-6-4-8-16(18)17-9-5-7-11-19(17)20/h4-11,20-22H,3,12-15H2,1-2H3,(H,27,32)(H,28,31)(H,29,30)/t21-,22+,26?/m0/s1. The van der Waals surface area contributed by atoms with E-state index in [1.807, 2.05) is 31.2 Å². The topological polar surface area (TPSA) is 114 Å². The molecule has 8 nitrogen and oxygen atoms in total. The lowest BCUT2D eigenvalue weighted by atomic mass is 9.86. The fraction of sp³-hybridized carbons (Fsp3) is 0.423. The lowest BCUT2D eigenvalue weighted by Gasteiger charge is -2.29.